The molecule has 2 aliphatic heterocycles. The highest BCUT2D eigenvalue weighted by atomic mass is 16.7. The van der Waals surface area contributed by atoms with Gasteiger partial charge in [0.05, 0.1) is 26.4 Å². The van der Waals surface area contributed by atoms with Gasteiger partial charge in [-0.25, -0.2) is 0 Å². The van der Waals surface area contributed by atoms with Gasteiger partial charge in [-0.15, -0.1) is 0 Å². The Morgan fingerprint density at radius 3 is 1.47 bits per heavy atom. The quantitative estimate of drug-likeness (QED) is 0.0367. The molecule has 0 spiro atoms. The molecule has 0 aromatic rings. The summed E-state index contributed by atoms with van der Waals surface area (Å²) in [4.78, 5) is 12.8. The first-order valence-corrected chi connectivity index (χ1v) is 21.6. The van der Waals surface area contributed by atoms with E-state index in [0.29, 0.717) is 13.0 Å². The summed E-state index contributed by atoms with van der Waals surface area (Å²) in [5, 5.41) is 71.6. The van der Waals surface area contributed by atoms with Gasteiger partial charge in [0.1, 0.15) is 54.9 Å². The first-order chi connectivity index (χ1) is 26.6. The van der Waals surface area contributed by atoms with E-state index in [2.05, 4.69) is 13.8 Å². The highest BCUT2D eigenvalue weighted by Crippen LogP contribution is 2.26. The molecule has 11 atom stereocenters. The van der Waals surface area contributed by atoms with Gasteiger partial charge in [0.2, 0.25) is 0 Å². The van der Waals surface area contributed by atoms with Gasteiger partial charge < -0.3 is 64.2 Å². The van der Waals surface area contributed by atoms with Crippen LogP contribution in [0.25, 0.3) is 0 Å². The fourth-order valence-electron chi connectivity index (χ4n) is 6.99. The molecule has 14 nitrogen and oxygen atoms in total. The minimum atomic E-state index is -1.70. The van der Waals surface area contributed by atoms with Crippen LogP contribution in [0.2, 0.25) is 0 Å². The number of carbonyl (C=O) groups is 1. The van der Waals surface area contributed by atoms with E-state index in [1.807, 2.05) is 0 Å². The van der Waals surface area contributed by atoms with Crippen molar-refractivity contribution in [3.8, 4) is 0 Å². The minimum absolute atomic E-state index is 0.0683. The lowest BCUT2D eigenvalue weighted by Crippen LogP contribution is -2.61. The van der Waals surface area contributed by atoms with Crippen LogP contribution in [-0.4, -0.2) is 142 Å². The van der Waals surface area contributed by atoms with Crippen molar-refractivity contribution in [3.05, 3.63) is 0 Å². The van der Waals surface area contributed by atoms with Crippen LogP contribution in [0, 0.1) is 0 Å². The predicted octanol–water partition coefficient (Wildman–Crippen LogP) is 4.18. The summed E-state index contributed by atoms with van der Waals surface area (Å²) in [6.07, 6.45) is 9.15. The third kappa shape index (κ3) is 20.5. The summed E-state index contributed by atoms with van der Waals surface area (Å²) in [7, 11) is 0. The van der Waals surface area contributed by atoms with Gasteiger partial charge in [0.15, 0.2) is 12.6 Å². The molecule has 0 aliphatic carbocycles. The molecule has 11 unspecified atom stereocenters. The van der Waals surface area contributed by atoms with Crippen molar-refractivity contribution in [2.75, 3.05) is 33.0 Å². The van der Waals surface area contributed by atoms with E-state index in [9.17, 15) is 40.5 Å². The molecule has 0 radical (unpaired) electrons. The Balaban J connectivity index is 1.80. The maximum absolute atomic E-state index is 12.8. The minimum Gasteiger partial charge on any atom is -0.457 e. The summed E-state index contributed by atoms with van der Waals surface area (Å²) in [6.45, 7) is 3.64. The zero-order valence-corrected chi connectivity index (χ0v) is 33.9. The van der Waals surface area contributed by atoms with Gasteiger partial charge in [0, 0.05) is 13.0 Å². The van der Waals surface area contributed by atoms with Crippen LogP contribution in [0.5, 0.6) is 0 Å². The predicted molar refractivity (Wildman–Crippen MR) is 206 cm³/mol. The molecular formula is C41H78O14. The van der Waals surface area contributed by atoms with E-state index >= 15 is 0 Å². The first-order valence-electron chi connectivity index (χ1n) is 21.6. The number of hydrogen-bond acceptors (Lipinski definition) is 14. The van der Waals surface area contributed by atoms with Crippen molar-refractivity contribution in [1.29, 1.82) is 0 Å². The Hall–Kier alpha value is -1.01. The van der Waals surface area contributed by atoms with Crippen molar-refractivity contribution in [2.24, 2.45) is 0 Å². The Morgan fingerprint density at radius 2 is 0.964 bits per heavy atom. The molecule has 2 fully saturated rings. The number of unbranched alkanes of at least 4 members (excludes halogenated alkanes) is 19. The van der Waals surface area contributed by atoms with Crippen molar-refractivity contribution in [3.63, 3.8) is 0 Å². The molecule has 2 aliphatic rings. The molecule has 14 heteroatoms. The van der Waals surface area contributed by atoms with Crippen molar-refractivity contribution in [1.82, 2.24) is 0 Å². The molecule has 0 bridgehead atoms. The van der Waals surface area contributed by atoms with Crippen molar-refractivity contribution in [2.45, 2.75) is 223 Å². The number of esters is 1. The van der Waals surface area contributed by atoms with Gasteiger partial charge in [0.25, 0.3) is 0 Å². The molecule has 55 heavy (non-hydrogen) atoms. The van der Waals surface area contributed by atoms with Crippen LogP contribution < -0.4 is 0 Å². The molecule has 0 aromatic heterocycles. The highest BCUT2D eigenvalue weighted by Gasteiger charge is 2.47. The topological polar surface area (TPSA) is 214 Å². The molecule has 7 N–H and O–H groups in total. The van der Waals surface area contributed by atoms with Gasteiger partial charge in [-0.2, -0.15) is 0 Å². The van der Waals surface area contributed by atoms with Crippen LogP contribution in [-0.2, 0) is 33.2 Å². The van der Waals surface area contributed by atoms with E-state index in [-0.39, 0.29) is 25.6 Å². The lowest BCUT2D eigenvalue weighted by molar-refractivity contribution is -0.332. The molecular weight excluding hydrogens is 716 g/mol. The van der Waals surface area contributed by atoms with Crippen molar-refractivity contribution < 1.29 is 69.0 Å². The lowest BCUT2D eigenvalue weighted by atomic mass is 9.98. The fraction of sp³-hybridized carbons (Fsp3) is 0.976. The number of hydrogen-bond donors (Lipinski definition) is 7. The molecule has 0 amide bonds. The Morgan fingerprint density at radius 1 is 0.527 bits per heavy atom. The van der Waals surface area contributed by atoms with E-state index in [0.717, 1.165) is 38.5 Å². The van der Waals surface area contributed by atoms with E-state index in [1.165, 1.54) is 89.9 Å². The number of aliphatic hydroxyl groups excluding tert-OH is 7. The largest absolute Gasteiger partial charge is 0.457 e. The molecule has 0 aromatic carbocycles. The summed E-state index contributed by atoms with van der Waals surface area (Å²) in [6, 6.07) is 0. The first kappa shape index (κ1) is 50.1. The van der Waals surface area contributed by atoms with E-state index in [1.54, 1.807) is 0 Å². The zero-order valence-electron chi connectivity index (χ0n) is 33.9. The lowest BCUT2D eigenvalue weighted by Gasteiger charge is -2.42. The molecule has 326 valence electrons. The van der Waals surface area contributed by atoms with Crippen LogP contribution in [0.4, 0.5) is 0 Å². The number of rotatable bonds is 33. The Bertz CT molecular complexity index is 927. The maximum atomic E-state index is 12.8. The summed E-state index contributed by atoms with van der Waals surface area (Å²) < 4.78 is 34.0. The average molecular weight is 795 g/mol. The summed E-state index contributed by atoms with van der Waals surface area (Å²) in [5.41, 5.74) is 0. The highest BCUT2D eigenvalue weighted by molar-refractivity contribution is 5.69. The number of carbonyl (C=O) groups excluding carboxylic acids is 1. The molecule has 2 saturated heterocycles. The third-order valence-electron chi connectivity index (χ3n) is 10.6. The molecule has 0 saturated carbocycles. The van der Waals surface area contributed by atoms with Gasteiger partial charge >= 0.3 is 5.97 Å². The monoisotopic (exact) mass is 795 g/mol. The van der Waals surface area contributed by atoms with Crippen LogP contribution in [0.15, 0.2) is 0 Å². The smallest absolute Gasteiger partial charge is 0.306 e. The Kier molecular flexibility index (Phi) is 28.2. The zero-order chi connectivity index (χ0) is 40.3. The summed E-state index contributed by atoms with van der Waals surface area (Å²) >= 11 is 0. The maximum Gasteiger partial charge on any atom is 0.306 e. The van der Waals surface area contributed by atoms with Crippen LogP contribution >= 0.6 is 0 Å². The SMILES string of the molecule is CCCCCCCCCCCCCCCCOCC(COC1OC(COC2OC(CO)C(O)C(O)C2O)C(O)C(O)C1O)OC(=O)CCCCCCCCC. The number of aliphatic hydroxyl groups is 7. The summed E-state index contributed by atoms with van der Waals surface area (Å²) in [5.74, 6) is -0.381. The second-order valence-corrected chi connectivity index (χ2v) is 15.5. The van der Waals surface area contributed by atoms with Gasteiger partial charge in [-0.3, -0.25) is 4.79 Å². The fourth-order valence-corrected chi connectivity index (χ4v) is 6.99. The molecule has 2 heterocycles. The standard InChI is InChI=1S/C41H78O14/c1-3-5-7-9-11-12-13-14-15-16-17-19-21-23-25-50-27-30(53-33(43)24-22-20-18-10-8-6-4-2)28-51-40-39(49)37(47)35(45)32(55-40)29-52-41-38(48)36(46)34(44)31(26-42)54-41/h30-32,34-42,44-49H,3-29H2,1-2H3. The molecule has 2 rings (SSSR count). The van der Waals surface area contributed by atoms with Crippen LogP contribution in [0.1, 0.15) is 155 Å². The van der Waals surface area contributed by atoms with Crippen LogP contribution in [0.3, 0.4) is 0 Å². The normalized spacial score (nSPS) is 29.0. The number of ether oxygens (including phenoxy) is 6. The average Bonchev–Trinajstić information content (AvgIpc) is 3.18. The van der Waals surface area contributed by atoms with E-state index < -0.39 is 80.7 Å². The van der Waals surface area contributed by atoms with Crippen molar-refractivity contribution >= 4 is 5.97 Å². The third-order valence-corrected chi connectivity index (χ3v) is 10.6. The Labute approximate surface area is 330 Å². The van der Waals surface area contributed by atoms with Gasteiger partial charge in [-0.1, -0.05) is 136 Å². The second kappa shape index (κ2) is 31.0. The second-order valence-electron chi connectivity index (χ2n) is 15.5. The van der Waals surface area contributed by atoms with E-state index in [4.69, 9.17) is 28.4 Å². The van der Waals surface area contributed by atoms with Gasteiger partial charge in [-0.05, 0) is 12.8 Å².